The Bertz CT molecular complexity index is 386. The molecule has 3 nitrogen and oxygen atoms in total. The van der Waals surface area contributed by atoms with Gasteiger partial charge in [-0.1, -0.05) is 29.8 Å². The molecule has 0 saturated heterocycles. The van der Waals surface area contributed by atoms with Gasteiger partial charge in [-0.3, -0.25) is 0 Å². The van der Waals surface area contributed by atoms with Crippen molar-refractivity contribution in [3.05, 3.63) is 28.2 Å². The fraction of sp³-hybridized carbons (Fsp3) is 0.600. The highest BCUT2D eigenvalue weighted by molar-refractivity contribution is 9.10. The van der Waals surface area contributed by atoms with Crippen LogP contribution in [0.3, 0.4) is 0 Å². The molecule has 0 aliphatic heterocycles. The van der Waals surface area contributed by atoms with Crippen LogP contribution in [-0.4, -0.2) is 38.7 Å². The van der Waals surface area contributed by atoms with Crippen LogP contribution in [0.5, 0.6) is 5.75 Å². The van der Waals surface area contributed by atoms with E-state index in [1.54, 1.807) is 7.11 Å². The minimum Gasteiger partial charge on any atom is -0.497 e. The maximum atomic E-state index is 5.26. The van der Waals surface area contributed by atoms with Crippen molar-refractivity contribution in [1.82, 2.24) is 10.2 Å². The number of rotatable bonds is 7. The first-order valence-electron chi connectivity index (χ1n) is 6.65. The topological polar surface area (TPSA) is 24.5 Å². The molecule has 108 valence electrons. The third-order valence-electron chi connectivity index (χ3n) is 3.35. The molecule has 1 N–H and O–H groups in total. The molecule has 0 spiro atoms. The largest absolute Gasteiger partial charge is 0.497 e. The van der Waals surface area contributed by atoms with E-state index in [1.807, 2.05) is 12.1 Å². The van der Waals surface area contributed by atoms with Crippen LogP contribution in [0.15, 0.2) is 22.7 Å². The molecular formula is C15H25BrN2O. The molecule has 4 heteroatoms. The Morgan fingerprint density at radius 3 is 2.53 bits per heavy atom. The van der Waals surface area contributed by atoms with Crippen molar-refractivity contribution < 1.29 is 4.74 Å². The molecule has 0 amide bonds. The third kappa shape index (κ3) is 5.13. The van der Waals surface area contributed by atoms with Gasteiger partial charge >= 0.3 is 0 Å². The minimum atomic E-state index is 0.546. The highest BCUT2D eigenvalue weighted by Crippen LogP contribution is 2.22. The lowest BCUT2D eigenvalue weighted by Gasteiger charge is -2.28. The zero-order valence-corrected chi connectivity index (χ0v) is 14.1. The number of halogens is 1. The van der Waals surface area contributed by atoms with E-state index in [1.165, 1.54) is 5.56 Å². The van der Waals surface area contributed by atoms with Crippen LogP contribution in [0, 0.1) is 5.92 Å². The van der Waals surface area contributed by atoms with Crippen LogP contribution >= 0.6 is 15.9 Å². The van der Waals surface area contributed by atoms with Crippen LogP contribution in [0.4, 0.5) is 0 Å². The van der Waals surface area contributed by atoms with E-state index in [0.29, 0.717) is 12.0 Å². The molecule has 19 heavy (non-hydrogen) atoms. The van der Waals surface area contributed by atoms with E-state index in [9.17, 15) is 0 Å². The summed E-state index contributed by atoms with van der Waals surface area (Å²) in [6.07, 6.45) is 0. The van der Waals surface area contributed by atoms with Gasteiger partial charge in [-0.15, -0.1) is 0 Å². The van der Waals surface area contributed by atoms with Gasteiger partial charge in [0.1, 0.15) is 5.75 Å². The SMILES string of the molecule is COc1ccc(Br)c(CNCC(C(C)C)N(C)C)c1. The number of hydrogen-bond donors (Lipinski definition) is 1. The standard InChI is InChI=1S/C15H25BrN2O/c1-11(2)15(18(3)4)10-17-9-12-8-13(19-5)6-7-14(12)16/h6-8,11,15,17H,9-10H2,1-5H3. The van der Waals surface area contributed by atoms with Crippen LogP contribution in [0.25, 0.3) is 0 Å². The quantitative estimate of drug-likeness (QED) is 0.832. The average molecular weight is 329 g/mol. The first-order valence-corrected chi connectivity index (χ1v) is 7.44. The number of nitrogens with one attached hydrogen (secondary N) is 1. The fourth-order valence-electron chi connectivity index (χ4n) is 2.18. The monoisotopic (exact) mass is 328 g/mol. The van der Waals surface area contributed by atoms with Gasteiger partial charge in [0.25, 0.3) is 0 Å². The maximum Gasteiger partial charge on any atom is 0.119 e. The number of hydrogen-bond acceptors (Lipinski definition) is 3. The zero-order chi connectivity index (χ0) is 14.4. The van der Waals surface area contributed by atoms with Gasteiger partial charge in [-0.25, -0.2) is 0 Å². The molecular weight excluding hydrogens is 304 g/mol. The van der Waals surface area contributed by atoms with Gasteiger partial charge in [0.15, 0.2) is 0 Å². The molecule has 1 aromatic rings. The average Bonchev–Trinajstić information content (AvgIpc) is 2.35. The van der Waals surface area contributed by atoms with Crippen LogP contribution < -0.4 is 10.1 Å². The summed E-state index contributed by atoms with van der Waals surface area (Å²) in [5.41, 5.74) is 1.22. The molecule has 1 unspecified atom stereocenters. The van der Waals surface area contributed by atoms with Crippen LogP contribution in [-0.2, 0) is 6.54 Å². The van der Waals surface area contributed by atoms with Gasteiger partial charge in [0.05, 0.1) is 7.11 Å². The van der Waals surface area contributed by atoms with Gasteiger partial charge in [0.2, 0.25) is 0 Å². The van der Waals surface area contributed by atoms with E-state index in [4.69, 9.17) is 4.74 Å². The predicted octanol–water partition coefficient (Wildman–Crippen LogP) is 3.13. The maximum absolute atomic E-state index is 5.26. The summed E-state index contributed by atoms with van der Waals surface area (Å²) in [4.78, 5) is 2.28. The van der Waals surface area contributed by atoms with E-state index in [-0.39, 0.29) is 0 Å². The number of methoxy groups -OCH3 is 1. The summed E-state index contributed by atoms with van der Waals surface area (Å²) in [6.45, 7) is 6.34. The Hall–Kier alpha value is -0.580. The molecule has 1 aromatic carbocycles. The van der Waals surface area contributed by atoms with Crippen molar-refractivity contribution in [2.24, 2.45) is 5.92 Å². The molecule has 1 atom stereocenters. The Labute approximate surface area is 125 Å². The van der Waals surface area contributed by atoms with Crippen molar-refractivity contribution in [2.45, 2.75) is 26.4 Å². The second-order valence-corrected chi connectivity index (χ2v) is 6.22. The number of ether oxygens (including phenoxy) is 1. The summed E-state index contributed by atoms with van der Waals surface area (Å²) in [6, 6.07) is 6.60. The molecule has 1 rings (SSSR count). The van der Waals surface area contributed by atoms with Gasteiger partial charge in [-0.2, -0.15) is 0 Å². The Kier molecular flexibility index (Phi) is 6.83. The summed E-state index contributed by atoms with van der Waals surface area (Å²) < 4.78 is 6.37. The van der Waals surface area contributed by atoms with E-state index >= 15 is 0 Å². The van der Waals surface area contributed by atoms with Crippen molar-refractivity contribution in [3.8, 4) is 5.75 Å². The number of nitrogens with zero attached hydrogens (tertiary/aromatic N) is 1. The summed E-state index contributed by atoms with van der Waals surface area (Å²) in [5.74, 6) is 1.53. The van der Waals surface area contributed by atoms with Crippen LogP contribution in [0.1, 0.15) is 19.4 Å². The molecule has 0 aliphatic rings. The number of benzene rings is 1. The predicted molar refractivity (Wildman–Crippen MR) is 84.7 cm³/mol. The molecule has 0 aliphatic carbocycles. The second-order valence-electron chi connectivity index (χ2n) is 5.36. The summed E-state index contributed by atoms with van der Waals surface area (Å²) in [5, 5.41) is 3.53. The minimum absolute atomic E-state index is 0.546. The first-order chi connectivity index (χ1) is 8.95. The number of likely N-dealkylation sites (N-methyl/N-ethyl adjacent to an activating group) is 1. The van der Waals surface area contributed by atoms with Gasteiger partial charge in [-0.05, 0) is 43.8 Å². The summed E-state index contributed by atoms with van der Waals surface area (Å²) >= 11 is 3.58. The first kappa shape index (κ1) is 16.5. The van der Waals surface area contributed by atoms with Gasteiger partial charge < -0.3 is 15.0 Å². The molecule has 0 bridgehead atoms. The molecule has 0 saturated carbocycles. The third-order valence-corrected chi connectivity index (χ3v) is 4.13. The van der Waals surface area contributed by atoms with E-state index in [0.717, 1.165) is 23.3 Å². The van der Waals surface area contributed by atoms with Crippen LogP contribution in [0.2, 0.25) is 0 Å². The lowest BCUT2D eigenvalue weighted by Crippen LogP contribution is -2.41. The van der Waals surface area contributed by atoms with Gasteiger partial charge in [0, 0.05) is 23.6 Å². The van der Waals surface area contributed by atoms with Crippen molar-refractivity contribution >= 4 is 15.9 Å². The highest BCUT2D eigenvalue weighted by Gasteiger charge is 2.15. The lowest BCUT2D eigenvalue weighted by atomic mass is 10.0. The van der Waals surface area contributed by atoms with Crippen molar-refractivity contribution in [2.75, 3.05) is 27.7 Å². The van der Waals surface area contributed by atoms with E-state index in [2.05, 4.69) is 60.2 Å². The Balaban J connectivity index is 2.57. The molecule has 0 heterocycles. The molecule has 0 radical (unpaired) electrons. The Morgan fingerprint density at radius 1 is 1.32 bits per heavy atom. The Morgan fingerprint density at radius 2 is 2.00 bits per heavy atom. The second kappa shape index (κ2) is 7.88. The summed E-state index contributed by atoms with van der Waals surface area (Å²) in [7, 11) is 5.96. The lowest BCUT2D eigenvalue weighted by molar-refractivity contribution is 0.224. The fourth-order valence-corrected chi connectivity index (χ4v) is 2.57. The van der Waals surface area contributed by atoms with E-state index < -0.39 is 0 Å². The molecule has 0 aromatic heterocycles. The zero-order valence-electron chi connectivity index (χ0n) is 12.5. The normalized spacial score (nSPS) is 13.1. The van der Waals surface area contributed by atoms with Crippen molar-refractivity contribution in [1.29, 1.82) is 0 Å². The highest BCUT2D eigenvalue weighted by atomic mass is 79.9. The smallest absolute Gasteiger partial charge is 0.119 e. The van der Waals surface area contributed by atoms with Crippen molar-refractivity contribution in [3.63, 3.8) is 0 Å². The molecule has 0 fully saturated rings.